The topological polar surface area (TPSA) is 57.9 Å². The largest absolute Gasteiger partial charge is 0.550 e. The van der Waals surface area contributed by atoms with Crippen LogP contribution in [0.5, 0.6) is 0 Å². The van der Waals surface area contributed by atoms with Gasteiger partial charge in [0.15, 0.2) is 5.69 Å². The summed E-state index contributed by atoms with van der Waals surface area (Å²) in [5.41, 5.74) is -0.866. The molecule has 100 valence electrons. The van der Waals surface area contributed by atoms with Crippen LogP contribution in [-0.2, 0) is 17.5 Å². The van der Waals surface area contributed by atoms with Crippen molar-refractivity contribution in [2.24, 2.45) is 0 Å². The van der Waals surface area contributed by atoms with Crippen LogP contribution >= 0.6 is 11.6 Å². The fraction of sp³-hybridized carbons (Fsp3) is 0.600. The molecule has 18 heavy (non-hydrogen) atoms. The summed E-state index contributed by atoms with van der Waals surface area (Å²) in [5, 5.41) is 13.3. The Hall–Kier alpha value is -1.24. The number of carbonyl (C=O) groups excluding carboxylic acids is 1. The highest BCUT2D eigenvalue weighted by atomic mass is 35.5. The monoisotopic (exact) mass is 281 g/mol. The number of carbonyl (C=O) groups is 1. The molecule has 0 unspecified atom stereocenters. The van der Waals surface area contributed by atoms with E-state index in [1.54, 1.807) is 0 Å². The first-order valence-electron chi connectivity index (χ1n) is 5.34. The molecule has 0 radical (unpaired) electrons. The van der Waals surface area contributed by atoms with E-state index in [-0.39, 0.29) is 18.2 Å². The molecule has 1 heterocycles. The first kappa shape index (κ1) is 13.2. The van der Waals surface area contributed by atoms with E-state index in [0.717, 1.165) is 17.5 Å². The normalized spacial score (nSPS) is 16.0. The summed E-state index contributed by atoms with van der Waals surface area (Å²) >= 11 is 5.70. The van der Waals surface area contributed by atoms with Crippen molar-refractivity contribution in [3.63, 3.8) is 0 Å². The van der Waals surface area contributed by atoms with Crippen molar-refractivity contribution < 1.29 is 23.1 Å². The van der Waals surface area contributed by atoms with Gasteiger partial charge in [-0.25, -0.2) is 0 Å². The SMILES string of the molecule is O=C([O-])CCn1nc(C(F)(F)F)c(Cl)c1C1CC1. The number of hydrogen-bond donors (Lipinski definition) is 0. The summed E-state index contributed by atoms with van der Waals surface area (Å²) in [6.07, 6.45) is -3.54. The second-order valence-corrected chi connectivity index (χ2v) is 4.54. The molecule has 1 fully saturated rings. The molecule has 4 nitrogen and oxygen atoms in total. The lowest BCUT2D eigenvalue weighted by Gasteiger charge is -2.07. The standard InChI is InChI=1S/C10H10ClF3N2O2/c11-7-8(5-1-2-5)16(4-3-6(17)18)15-9(7)10(12,13)14/h5H,1-4H2,(H,17,18)/p-1. The molecule has 0 N–H and O–H groups in total. The smallest absolute Gasteiger partial charge is 0.436 e. The molecule has 0 saturated heterocycles. The molecule has 0 aliphatic heterocycles. The van der Waals surface area contributed by atoms with E-state index in [1.807, 2.05) is 0 Å². The van der Waals surface area contributed by atoms with Crippen LogP contribution in [-0.4, -0.2) is 15.7 Å². The summed E-state index contributed by atoms with van der Waals surface area (Å²) in [5.74, 6) is -1.39. The Bertz CT molecular complexity index is 480. The maximum absolute atomic E-state index is 12.6. The average molecular weight is 282 g/mol. The second-order valence-electron chi connectivity index (χ2n) is 4.17. The zero-order valence-corrected chi connectivity index (χ0v) is 9.88. The Morgan fingerprint density at radius 3 is 2.56 bits per heavy atom. The first-order chi connectivity index (χ1) is 8.30. The Morgan fingerprint density at radius 1 is 1.50 bits per heavy atom. The molecule has 1 saturated carbocycles. The predicted molar refractivity (Wildman–Crippen MR) is 53.8 cm³/mol. The molecular weight excluding hydrogens is 273 g/mol. The van der Waals surface area contributed by atoms with Crippen LogP contribution < -0.4 is 5.11 Å². The summed E-state index contributed by atoms with van der Waals surface area (Å²) < 4.78 is 38.9. The Kier molecular flexibility index (Phi) is 3.27. The van der Waals surface area contributed by atoms with Gasteiger partial charge in [-0.2, -0.15) is 18.3 Å². The van der Waals surface area contributed by atoms with E-state index in [1.165, 1.54) is 0 Å². The van der Waals surface area contributed by atoms with Crippen molar-refractivity contribution in [3.05, 3.63) is 16.4 Å². The number of nitrogens with zero attached hydrogens (tertiary/aromatic N) is 2. The zero-order valence-electron chi connectivity index (χ0n) is 9.13. The lowest BCUT2D eigenvalue weighted by Crippen LogP contribution is -2.24. The quantitative estimate of drug-likeness (QED) is 0.842. The molecule has 0 amide bonds. The zero-order chi connectivity index (χ0) is 13.5. The highest BCUT2D eigenvalue weighted by Gasteiger charge is 2.41. The van der Waals surface area contributed by atoms with Crippen LogP contribution in [0.1, 0.15) is 36.6 Å². The van der Waals surface area contributed by atoms with Crippen LogP contribution in [0.2, 0.25) is 5.02 Å². The molecule has 0 atom stereocenters. The molecule has 0 bridgehead atoms. The van der Waals surface area contributed by atoms with Gasteiger partial charge in [0.1, 0.15) is 0 Å². The van der Waals surface area contributed by atoms with Crippen molar-refractivity contribution in [1.82, 2.24) is 9.78 Å². The van der Waals surface area contributed by atoms with Crippen LogP contribution in [0.3, 0.4) is 0 Å². The Morgan fingerprint density at radius 2 is 2.11 bits per heavy atom. The fourth-order valence-corrected chi connectivity index (χ4v) is 2.15. The van der Waals surface area contributed by atoms with E-state index in [9.17, 15) is 23.1 Å². The number of rotatable bonds is 4. The number of aromatic nitrogens is 2. The van der Waals surface area contributed by atoms with Gasteiger partial charge in [-0.15, -0.1) is 0 Å². The van der Waals surface area contributed by atoms with Gasteiger partial charge in [0.05, 0.1) is 10.7 Å². The predicted octanol–water partition coefficient (Wildman–Crippen LogP) is 1.57. The average Bonchev–Trinajstić information content (AvgIpc) is 2.99. The van der Waals surface area contributed by atoms with Gasteiger partial charge in [0.2, 0.25) is 0 Å². The molecular formula is C10H9ClF3N2O2-. The van der Waals surface area contributed by atoms with E-state index in [4.69, 9.17) is 11.6 Å². The minimum Gasteiger partial charge on any atom is -0.550 e. The summed E-state index contributed by atoms with van der Waals surface area (Å²) in [6.45, 7) is -0.163. The minimum absolute atomic E-state index is 0.0529. The fourth-order valence-electron chi connectivity index (χ4n) is 1.75. The minimum atomic E-state index is -4.63. The summed E-state index contributed by atoms with van der Waals surface area (Å²) in [4.78, 5) is 10.4. The number of aryl methyl sites for hydroxylation is 1. The van der Waals surface area contributed by atoms with Gasteiger partial charge >= 0.3 is 6.18 Å². The molecule has 1 aromatic heterocycles. The first-order valence-corrected chi connectivity index (χ1v) is 5.71. The Labute approximate surface area is 105 Å². The number of alkyl halides is 3. The van der Waals surface area contributed by atoms with E-state index >= 15 is 0 Å². The third-order valence-corrected chi connectivity index (χ3v) is 3.06. The van der Waals surface area contributed by atoms with Crippen molar-refractivity contribution >= 4 is 17.6 Å². The van der Waals surface area contributed by atoms with Crippen LogP contribution in [0.25, 0.3) is 0 Å². The number of carboxylic acid groups (broad SMARTS) is 1. The van der Waals surface area contributed by atoms with Crippen LogP contribution in [0, 0.1) is 0 Å². The molecule has 1 aliphatic carbocycles. The van der Waals surface area contributed by atoms with E-state index in [0.29, 0.717) is 0 Å². The third kappa shape index (κ3) is 2.60. The lowest BCUT2D eigenvalue weighted by atomic mass is 10.2. The van der Waals surface area contributed by atoms with Gasteiger partial charge in [0.25, 0.3) is 0 Å². The number of aliphatic carboxylic acids is 1. The van der Waals surface area contributed by atoms with Gasteiger partial charge in [0, 0.05) is 24.9 Å². The van der Waals surface area contributed by atoms with Gasteiger partial charge in [-0.1, -0.05) is 11.6 Å². The highest BCUT2D eigenvalue weighted by Crippen LogP contribution is 2.46. The van der Waals surface area contributed by atoms with Crippen molar-refractivity contribution in [2.45, 2.75) is 37.9 Å². The molecule has 0 spiro atoms. The highest BCUT2D eigenvalue weighted by molar-refractivity contribution is 6.32. The summed E-state index contributed by atoms with van der Waals surface area (Å²) in [7, 11) is 0. The summed E-state index contributed by atoms with van der Waals surface area (Å²) in [6, 6.07) is 0. The van der Waals surface area contributed by atoms with Crippen molar-refractivity contribution in [2.75, 3.05) is 0 Å². The Balaban J connectivity index is 2.35. The molecule has 8 heteroatoms. The van der Waals surface area contributed by atoms with E-state index < -0.39 is 29.3 Å². The molecule has 2 rings (SSSR count). The maximum atomic E-state index is 12.6. The van der Waals surface area contributed by atoms with Crippen LogP contribution in [0.15, 0.2) is 0 Å². The lowest BCUT2D eigenvalue weighted by molar-refractivity contribution is -0.306. The van der Waals surface area contributed by atoms with Crippen LogP contribution in [0.4, 0.5) is 13.2 Å². The van der Waals surface area contributed by atoms with Gasteiger partial charge in [-0.3, -0.25) is 4.68 Å². The maximum Gasteiger partial charge on any atom is 0.436 e. The van der Waals surface area contributed by atoms with E-state index in [2.05, 4.69) is 5.10 Å². The number of halogens is 4. The van der Waals surface area contributed by atoms with Gasteiger partial charge < -0.3 is 9.90 Å². The van der Waals surface area contributed by atoms with Crippen molar-refractivity contribution in [3.8, 4) is 0 Å². The molecule has 1 aliphatic rings. The number of hydrogen-bond acceptors (Lipinski definition) is 3. The molecule has 0 aromatic carbocycles. The molecule has 1 aromatic rings. The van der Waals surface area contributed by atoms with Crippen molar-refractivity contribution in [1.29, 1.82) is 0 Å². The third-order valence-electron chi connectivity index (χ3n) is 2.69. The second kappa shape index (κ2) is 4.46. The number of carboxylic acids is 1. The van der Waals surface area contributed by atoms with Gasteiger partial charge in [-0.05, 0) is 12.8 Å².